The van der Waals surface area contributed by atoms with Gasteiger partial charge in [0.15, 0.2) is 5.78 Å². The van der Waals surface area contributed by atoms with E-state index in [0.717, 1.165) is 27.6 Å². The minimum atomic E-state index is -0.384. The van der Waals surface area contributed by atoms with Crippen LogP contribution >= 0.6 is 27.5 Å². The van der Waals surface area contributed by atoms with E-state index in [4.69, 9.17) is 11.6 Å². The maximum absolute atomic E-state index is 12.8. The lowest BCUT2D eigenvalue weighted by atomic mass is 9.99. The van der Waals surface area contributed by atoms with Crippen molar-refractivity contribution in [1.82, 2.24) is 4.98 Å². The lowest BCUT2D eigenvalue weighted by Gasteiger charge is -2.12. The molecule has 0 bridgehead atoms. The minimum absolute atomic E-state index is 0.0422. The number of hydrogen-bond donors (Lipinski definition) is 1. The Balaban J connectivity index is 2.01. The fraction of sp³-hybridized carbons (Fsp3) is 0.167. The van der Waals surface area contributed by atoms with E-state index in [1.165, 1.54) is 0 Å². The molecule has 22 heavy (non-hydrogen) atoms. The summed E-state index contributed by atoms with van der Waals surface area (Å²) in [4.78, 5) is 15.6. The first-order valence-electron chi connectivity index (χ1n) is 6.99. The van der Waals surface area contributed by atoms with Crippen LogP contribution in [0.3, 0.4) is 0 Å². The van der Waals surface area contributed by atoms with Crippen LogP contribution in [0.5, 0.6) is 0 Å². The summed E-state index contributed by atoms with van der Waals surface area (Å²) in [7, 11) is 0. The summed E-state index contributed by atoms with van der Waals surface area (Å²) < 4.78 is 0. The van der Waals surface area contributed by atoms with Crippen molar-refractivity contribution >= 4 is 44.2 Å². The Bertz CT molecular complexity index is 869. The Morgan fingerprint density at radius 1 is 1.18 bits per heavy atom. The third kappa shape index (κ3) is 2.71. The second-order valence-electron chi connectivity index (χ2n) is 5.48. The predicted molar refractivity (Wildman–Crippen MR) is 95.2 cm³/mol. The molecule has 3 aromatic rings. The van der Waals surface area contributed by atoms with Crippen LogP contribution < -0.4 is 0 Å². The van der Waals surface area contributed by atoms with Crippen molar-refractivity contribution in [2.24, 2.45) is 0 Å². The van der Waals surface area contributed by atoms with Crippen molar-refractivity contribution < 1.29 is 4.79 Å². The number of carbonyl (C=O) groups excluding carboxylic acids is 1. The van der Waals surface area contributed by atoms with Crippen molar-refractivity contribution in [3.8, 4) is 0 Å². The van der Waals surface area contributed by atoms with E-state index in [1.54, 1.807) is 6.20 Å². The summed E-state index contributed by atoms with van der Waals surface area (Å²) in [5, 5.41) is 1.63. The molecule has 1 unspecified atom stereocenters. The van der Waals surface area contributed by atoms with Gasteiger partial charge in [-0.1, -0.05) is 45.7 Å². The second kappa shape index (κ2) is 5.90. The molecule has 3 rings (SSSR count). The van der Waals surface area contributed by atoms with E-state index in [1.807, 2.05) is 50.2 Å². The van der Waals surface area contributed by atoms with Crippen molar-refractivity contribution in [3.63, 3.8) is 0 Å². The zero-order valence-corrected chi connectivity index (χ0v) is 14.6. The number of aryl methyl sites for hydroxylation is 2. The molecule has 112 valence electrons. The molecule has 0 radical (unpaired) electrons. The Hall–Kier alpha value is -1.58. The maximum Gasteiger partial charge on any atom is 0.183 e. The number of aromatic amines is 1. The molecule has 0 amide bonds. The largest absolute Gasteiger partial charge is 0.360 e. The van der Waals surface area contributed by atoms with Crippen molar-refractivity contribution in [2.75, 3.05) is 0 Å². The van der Waals surface area contributed by atoms with Gasteiger partial charge in [-0.25, -0.2) is 0 Å². The molecule has 0 aliphatic rings. The predicted octanol–water partition coefficient (Wildman–Crippen LogP) is 5.76. The zero-order chi connectivity index (χ0) is 15.9. The lowest BCUT2D eigenvalue weighted by molar-refractivity contribution is 0.0993. The average Bonchev–Trinajstić information content (AvgIpc) is 2.88. The first kappa shape index (κ1) is 15.3. The molecule has 0 fully saturated rings. The van der Waals surface area contributed by atoms with E-state index in [9.17, 15) is 4.79 Å². The summed E-state index contributed by atoms with van der Waals surface area (Å²) in [6.45, 7) is 3.99. The van der Waals surface area contributed by atoms with Crippen molar-refractivity contribution in [3.05, 3.63) is 69.9 Å². The quantitative estimate of drug-likeness (QED) is 0.457. The van der Waals surface area contributed by atoms with Gasteiger partial charge in [-0.15, -0.1) is 0 Å². The molecule has 2 nitrogen and oxygen atoms in total. The van der Waals surface area contributed by atoms with Gasteiger partial charge in [0, 0.05) is 27.7 Å². The Morgan fingerprint density at radius 2 is 1.95 bits per heavy atom. The van der Waals surface area contributed by atoms with E-state index in [0.29, 0.717) is 10.6 Å². The highest BCUT2D eigenvalue weighted by Gasteiger charge is 2.23. The van der Waals surface area contributed by atoms with E-state index in [2.05, 4.69) is 20.9 Å². The van der Waals surface area contributed by atoms with Crippen LogP contribution in [0.25, 0.3) is 10.9 Å². The lowest BCUT2D eigenvalue weighted by Crippen LogP contribution is -2.08. The second-order valence-corrected chi connectivity index (χ2v) is 6.83. The first-order valence-corrected chi connectivity index (χ1v) is 8.29. The molecule has 1 heterocycles. The molecule has 1 aromatic heterocycles. The van der Waals surface area contributed by atoms with Crippen LogP contribution in [-0.4, -0.2) is 10.8 Å². The van der Waals surface area contributed by atoms with Crippen LogP contribution in [0.2, 0.25) is 5.02 Å². The van der Waals surface area contributed by atoms with E-state index in [-0.39, 0.29) is 10.6 Å². The average molecular weight is 377 g/mol. The smallest absolute Gasteiger partial charge is 0.183 e. The van der Waals surface area contributed by atoms with Gasteiger partial charge < -0.3 is 4.98 Å². The molecular weight excluding hydrogens is 362 g/mol. The number of hydrogen-bond acceptors (Lipinski definition) is 1. The fourth-order valence-electron chi connectivity index (χ4n) is 2.65. The van der Waals surface area contributed by atoms with E-state index < -0.39 is 0 Å². The van der Waals surface area contributed by atoms with Gasteiger partial charge in [-0.05, 0) is 48.7 Å². The standard InChI is InChI=1S/C18H15BrClNO/c1-10-3-5-14-15(9-21-16(14)7-10)18(22)17(19)13-6-4-12(20)8-11(13)2/h3-9,17,21H,1-2H3. The molecule has 0 saturated carbocycles. The third-order valence-corrected chi connectivity index (χ3v) is 4.98. The molecule has 4 heteroatoms. The Kier molecular flexibility index (Phi) is 4.11. The van der Waals surface area contributed by atoms with Crippen LogP contribution in [0, 0.1) is 13.8 Å². The number of rotatable bonds is 3. The van der Waals surface area contributed by atoms with Crippen molar-refractivity contribution in [2.45, 2.75) is 18.7 Å². The minimum Gasteiger partial charge on any atom is -0.360 e. The fourth-order valence-corrected chi connectivity index (χ4v) is 3.63. The van der Waals surface area contributed by atoms with Crippen LogP contribution in [0.15, 0.2) is 42.6 Å². The summed E-state index contributed by atoms with van der Waals surface area (Å²) in [5.41, 5.74) is 4.79. The number of nitrogens with one attached hydrogen (secondary N) is 1. The third-order valence-electron chi connectivity index (χ3n) is 3.84. The number of ketones is 1. The number of carbonyl (C=O) groups is 1. The van der Waals surface area contributed by atoms with E-state index >= 15 is 0 Å². The number of aromatic nitrogens is 1. The molecule has 0 saturated heterocycles. The van der Waals surface area contributed by atoms with Crippen LogP contribution in [0.1, 0.15) is 31.9 Å². The van der Waals surface area contributed by atoms with Gasteiger partial charge in [0.2, 0.25) is 0 Å². The highest BCUT2D eigenvalue weighted by atomic mass is 79.9. The Labute approximate surface area is 142 Å². The van der Waals surface area contributed by atoms with Gasteiger partial charge >= 0.3 is 0 Å². The van der Waals surface area contributed by atoms with Gasteiger partial charge in [0.25, 0.3) is 0 Å². The molecular formula is C18H15BrClNO. The number of fused-ring (bicyclic) bond motifs is 1. The van der Waals surface area contributed by atoms with Gasteiger partial charge in [-0.3, -0.25) is 4.79 Å². The molecule has 1 N–H and O–H groups in total. The summed E-state index contributed by atoms with van der Waals surface area (Å²) >= 11 is 9.53. The van der Waals surface area contributed by atoms with Crippen LogP contribution in [0.4, 0.5) is 0 Å². The highest BCUT2D eigenvalue weighted by Crippen LogP contribution is 2.33. The summed E-state index contributed by atoms with van der Waals surface area (Å²) in [5.74, 6) is 0.0422. The summed E-state index contributed by atoms with van der Waals surface area (Å²) in [6.07, 6.45) is 1.78. The number of H-pyrrole nitrogens is 1. The molecule has 2 aromatic carbocycles. The topological polar surface area (TPSA) is 32.9 Å². The maximum atomic E-state index is 12.8. The first-order chi connectivity index (χ1) is 10.5. The molecule has 0 aliphatic heterocycles. The van der Waals surface area contributed by atoms with Gasteiger partial charge in [0.05, 0.1) is 0 Å². The zero-order valence-electron chi connectivity index (χ0n) is 12.3. The molecule has 0 spiro atoms. The van der Waals surface area contributed by atoms with Gasteiger partial charge in [-0.2, -0.15) is 0 Å². The molecule has 1 atom stereocenters. The SMILES string of the molecule is Cc1ccc2c(C(=O)C(Br)c3ccc(Cl)cc3C)c[nH]c2c1. The Morgan fingerprint density at radius 3 is 2.68 bits per heavy atom. The van der Waals surface area contributed by atoms with Gasteiger partial charge in [0.1, 0.15) is 4.83 Å². The number of benzene rings is 2. The normalized spacial score (nSPS) is 12.5. The monoisotopic (exact) mass is 375 g/mol. The number of halogens is 2. The molecule has 0 aliphatic carbocycles. The summed E-state index contributed by atoms with van der Waals surface area (Å²) in [6, 6.07) is 11.6. The van der Waals surface area contributed by atoms with Crippen molar-refractivity contribution in [1.29, 1.82) is 0 Å². The number of alkyl halides is 1. The number of Topliss-reactive ketones (excluding diaryl/α,β-unsaturated/α-hetero) is 1. The van der Waals surface area contributed by atoms with Crippen LogP contribution in [-0.2, 0) is 0 Å². The highest BCUT2D eigenvalue weighted by molar-refractivity contribution is 9.09.